The number of rotatable bonds is 8. The zero-order valence-corrected chi connectivity index (χ0v) is 19.2. The van der Waals surface area contributed by atoms with Crippen LogP contribution in [-0.2, 0) is 17.7 Å². The normalized spacial score (nSPS) is 15.0. The van der Waals surface area contributed by atoms with Gasteiger partial charge in [0.05, 0.1) is 26.0 Å². The molecule has 0 unspecified atom stereocenters. The SMILES string of the molecule is Cc1ccc(CN=C(NCCc2ccco2)NCCN2CCOCC2)cc1F.I. The summed E-state index contributed by atoms with van der Waals surface area (Å²) in [6.07, 6.45) is 2.45. The Morgan fingerprint density at radius 2 is 1.97 bits per heavy atom. The van der Waals surface area contributed by atoms with Crippen LogP contribution in [0.1, 0.15) is 16.9 Å². The molecule has 0 spiro atoms. The van der Waals surface area contributed by atoms with Crippen molar-refractivity contribution in [1.82, 2.24) is 15.5 Å². The van der Waals surface area contributed by atoms with Gasteiger partial charge in [-0.1, -0.05) is 12.1 Å². The molecule has 1 aromatic heterocycles. The van der Waals surface area contributed by atoms with Gasteiger partial charge in [-0.25, -0.2) is 9.38 Å². The van der Waals surface area contributed by atoms with Crippen molar-refractivity contribution in [3.8, 4) is 0 Å². The molecule has 1 aliphatic heterocycles. The zero-order valence-electron chi connectivity index (χ0n) is 16.8. The van der Waals surface area contributed by atoms with Crippen LogP contribution >= 0.6 is 24.0 Å². The van der Waals surface area contributed by atoms with E-state index >= 15 is 0 Å². The summed E-state index contributed by atoms with van der Waals surface area (Å²) in [5.74, 6) is 1.46. The van der Waals surface area contributed by atoms with Crippen molar-refractivity contribution >= 4 is 29.9 Å². The summed E-state index contributed by atoms with van der Waals surface area (Å²) in [4.78, 5) is 6.99. The third-order valence-corrected chi connectivity index (χ3v) is 4.72. The minimum absolute atomic E-state index is 0. The Labute approximate surface area is 188 Å². The number of aryl methyl sites for hydroxylation is 1. The van der Waals surface area contributed by atoms with Gasteiger partial charge in [0, 0.05) is 39.1 Å². The smallest absolute Gasteiger partial charge is 0.191 e. The number of aliphatic imine (C=N–C) groups is 1. The molecule has 29 heavy (non-hydrogen) atoms. The van der Waals surface area contributed by atoms with Gasteiger partial charge in [0.25, 0.3) is 0 Å². The lowest BCUT2D eigenvalue weighted by Gasteiger charge is -2.26. The summed E-state index contributed by atoms with van der Waals surface area (Å²) < 4.78 is 24.5. The van der Waals surface area contributed by atoms with Crippen molar-refractivity contribution in [3.63, 3.8) is 0 Å². The van der Waals surface area contributed by atoms with E-state index in [-0.39, 0.29) is 29.8 Å². The van der Waals surface area contributed by atoms with Crippen LogP contribution in [0, 0.1) is 12.7 Å². The number of hydrogen-bond acceptors (Lipinski definition) is 4. The van der Waals surface area contributed by atoms with Crippen LogP contribution in [-0.4, -0.2) is 56.8 Å². The van der Waals surface area contributed by atoms with E-state index in [1.54, 1.807) is 25.3 Å². The van der Waals surface area contributed by atoms with Gasteiger partial charge in [0.2, 0.25) is 0 Å². The number of hydrogen-bond donors (Lipinski definition) is 2. The highest BCUT2D eigenvalue weighted by Crippen LogP contribution is 2.10. The standard InChI is InChI=1S/C21H29FN4O2.HI/c1-17-4-5-18(15-20(17)22)16-25-21(23-7-6-19-3-2-12-28-19)24-8-9-26-10-13-27-14-11-26;/h2-5,12,15H,6-11,13-14,16H2,1H3,(H2,23,24,25);1H. The first-order chi connectivity index (χ1) is 13.7. The van der Waals surface area contributed by atoms with Crippen LogP contribution < -0.4 is 10.6 Å². The average molecular weight is 516 g/mol. The van der Waals surface area contributed by atoms with Gasteiger partial charge >= 0.3 is 0 Å². The fourth-order valence-corrected chi connectivity index (χ4v) is 3.00. The average Bonchev–Trinajstić information content (AvgIpc) is 3.22. The maximum Gasteiger partial charge on any atom is 0.191 e. The summed E-state index contributed by atoms with van der Waals surface area (Å²) in [5, 5.41) is 6.71. The molecule has 2 aromatic rings. The molecule has 1 saturated heterocycles. The maximum atomic E-state index is 13.8. The van der Waals surface area contributed by atoms with Crippen molar-refractivity contribution in [1.29, 1.82) is 0 Å². The number of nitrogens with one attached hydrogen (secondary N) is 2. The summed E-state index contributed by atoms with van der Waals surface area (Å²) in [5.41, 5.74) is 1.50. The van der Waals surface area contributed by atoms with Crippen molar-refractivity contribution in [2.24, 2.45) is 4.99 Å². The first-order valence-corrected chi connectivity index (χ1v) is 9.80. The molecule has 160 valence electrons. The number of halogens is 2. The van der Waals surface area contributed by atoms with E-state index < -0.39 is 0 Å². The van der Waals surface area contributed by atoms with Crippen LogP contribution in [0.2, 0.25) is 0 Å². The third kappa shape index (κ3) is 8.31. The summed E-state index contributed by atoms with van der Waals surface area (Å²) in [6, 6.07) is 9.09. The first kappa shape index (κ1) is 23.6. The molecule has 0 saturated carbocycles. The molecule has 6 nitrogen and oxygen atoms in total. The van der Waals surface area contributed by atoms with Crippen molar-refractivity contribution in [2.75, 3.05) is 45.9 Å². The van der Waals surface area contributed by atoms with Gasteiger partial charge in [-0.05, 0) is 36.2 Å². The molecule has 3 rings (SSSR count). The monoisotopic (exact) mass is 516 g/mol. The van der Waals surface area contributed by atoms with Gasteiger partial charge < -0.3 is 19.8 Å². The van der Waals surface area contributed by atoms with E-state index in [2.05, 4.69) is 20.5 Å². The lowest BCUT2D eigenvalue weighted by Crippen LogP contribution is -2.44. The van der Waals surface area contributed by atoms with E-state index in [9.17, 15) is 4.39 Å². The molecule has 0 aliphatic carbocycles. The van der Waals surface area contributed by atoms with Gasteiger partial charge in [0.1, 0.15) is 11.6 Å². The molecule has 0 bridgehead atoms. The number of ether oxygens (including phenoxy) is 1. The van der Waals surface area contributed by atoms with Crippen LogP contribution in [0.15, 0.2) is 46.0 Å². The van der Waals surface area contributed by atoms with Crippen molar-refractivity contribution < 1.29 is 13.5 Å². The third-order valence-electron chi connectivity index (χ3n) is 4.72. The summed E-state index contributed by atoms with van der Waals surface area (Å²) in [6.45, 7) is 8.12. The second-order valence-electron chi connectivity index (χ2n) is 6.89. The molecular weight excluding hydrogens is 486 g/mol. The lowest BCUT2D eigenvalue weighted by molar-refractivity contribution is 0.0389. The quantitative estimate of drug-likeness (QED) is 0.321. The summed E-state index contributed by atoms with van der Waals surface area (Å²) in [7, 11) is 0. The Hall–Kier alpha value is -1.65. The highest BCUT2D eigenvalue weighted by Gasteiger charge is 2.10. The first-order valence-electron chi connectivity index (χ1n) is 9.80. The Kier molecular flexibility index (Phi) is 10.4. The highest BCUT2D eigenvalue weighted by atomic mass is 127. The van der Waals surface area contributed by atoms with Gasteiger partial charge in [-0.15, -0.1) is 24.0 Å². The van der Waals surface area contributed by atoms with Gasteiger partial charge in [-0.2, -0.15) is 0 Å². The lowest BCUT2D eigenvalue weighted by atomic mass is 10.1. The Morgan fingerprint density at radius 3 is 2.69 bits per heavy atom. The number of morpholine rings is 1. The Bertz CT molecular complexity index is 749. The van der Waals surface area contributed by atoms with Crippen molar-refractivity contribution in [3.05, 3.63) is 59.3 Å². The molecular formula is C21H30FIN4O2. The Balaban J connectivity index is 0.00000300. The number of nitrogens with zero attached hydrogens (tertiary/aromatic N) is 2. The van der Waals surface area contributed by atoms with Crippen molar-refractivity contribution in [2.45, 2.75) is 19.9 Å². The summed E-state index contributed by atoms with van der Waals surface area (Å²) >= 11 is 0. The molecule has 8 heteroatoms. The van der Waals surface area contributed by atoms with Gasteiger partial charge in [0.15, 0.2) is 5.96 Å². The van der Waals surface area contributed by atoms with Crippen LogP contribution in [0.25, 0.3) is 0 Å². The molecule has 1 aliphatic rings. The van der Waals surface area contributed by atoms with Crippen LogP contribution in [0.4, 0.5) is 4.39 Å². The Morgan fingerprint density at radius 1 is 1.17 bits per heavy atom. The molecule has 1 aromatic carbocycles. The topological polar surface area (TPSA) is 62.0 Å². The largest absolute Gasteiger partial charge is 0.469 e. The molecule has 1 fully saturated rings. The second kappa shape index (κ2) is 12.8. The van der Waals surface area contributed by atoms with E-state index in [1.165, 1.54) is 0 Å². The minimum Gasteiger partial charge on any atom is -0.469 e. The fraction of sp³-hybridized carbons (Fsp3) is 0.476. The maximum absolute atomic E-state index is 13.8. The molecule has 0 radical (unpaired) electrons. The minimum atomic E-state index is -0.194. The van der Waals surface area contributed by atoms with E-state index in [0.29, 0.717) is 18.7 Å². The van der Waals surface area contributed by atoms with E-state index in [0.717, 1.165) is 63.1 Å². The molecule has 0 amide bonds. The zero-order chi connectivity index (χ0) is 19.6. The van der Waals surface area contributed by atoms with E-state index in [4.69, 9.17) is 9.15 Å². The van der Waals surface area contributed by atoms with Crippen LogP contribution in [0.5, 0.6) is 0 Å². The highest BCUT2D eigenvalue weighted by molar-refractivity contribution is 14.0. The van der Waals surface area contributed by atoms with Gasteiger partial charge in [-0.3, -0.25) is 4.90 Å². The molecule has 2 heterocycles. The fourth-order valence-electron chi connectivity index (χ4n) is 3.00. The van der Waals surface area contributed by atoms with E-state index in [1.807, 2.05) is 18.2 Å². The number of benzene rings is 1. The second-order valence-corrected chi connectivity index (χ2v) is 6.89. The molecule has 2 N–H and O–H groups in total. The predicted molar refractivity (Wildman–Crippen MR) is 123 cm³/mol. The number of guanidine groups is 1. The van der Waals surface area contributed by atoms with Crippen LogP contribution in [0.3, 0.4) is 0 Å². The number of furan rings is 1. The predicted octanol–water partition coefficient (Wildman–Crippen LogP) is 2.96. The molecule has 0 atom stereocenters.